The average Bonchev–Trinajstić information content (AvgIpc) is 2.17. The number of hydrogen-bond acceptors (Lipinski definition) is 1. The van der Waals surface area contributed by atoms with Crippen molar-refractivity contribution in [3.05, 3.63) is 0 Å². The zero-order valence-electron chi connectivity index (χ0n) is 10.3. The van der Waals surface area contributed by atoms with E-state index in [1.165, 1.54) is 51.6 Å². The lowest BCUT2D eigenvalue weighted by Gasteiger charge is -2.36. The van der Waals surface area contributed by atoms with Crippen LogP contribution in [0.15, 0.2) is 0 Å². The van der Waals surface area contributed by atoms with E-state index in [4.69, 9.17) is 0 Å². The molecule has 0 unspecified atom stereocenters. The normalized spacial score (nSPS) is 28.3. The molecule has 0 aromatic heterocycles. The van der Waals surface area contributed by atoms with Crippen LogP contribution in [-0.2, 0) is 0 Å². The molecule has 1 fully saturated rings. The smallest absolute Gasteiger partial charge is 0.00977 e. The van der Waals surface area contributed by atoms with Crippen molar-refractivity contribution < 1.29 is 0 Å². The second-order valence-electron chi connectivity index (χ2n) is 4.96. The molecular formula is C13H27N. The molecule has 84 valence electrons. The van der Waals surface area contributed by atoms with E-state index < -0.39 is 0 Å². The maximum atomic E-state index is 2.73. The van der Waals surface area contributed by atoms with Gasteiger partial charge in [-0.1, -0.05) is 33.6 Å². The fraction of sp³-hybridized carbons (Fsp3) is 1.00. The fourth-order valence-corrected chi connectivity index (χ4v) is 2.79. The van der Waals surface area contributed by atoms with Crippen LogP contribution >= 0.6 is 0 Å². The van der Waals surface area contributed by atoms with Gasteiger partial charge in [0.15, 0.2) is 0 Å². The molecule has 0 aliphatic heterocycles. The highest BCUT2D eigenvalue weighted by Crippen LogP contribution is 2.27. The van der Waals surface area contributed by atoms with E-state index in [1.54, 1.807) is 0 Å². The molecule has 0 aromatic carbocycles. The number of rotatable bonds is 5. The van der Waals surface area contributed by atoms with Crippen LogP contribution in [-0.4, -0.2) is 24.0 Å². The Morgan fingerprint density at radius 1 is 1.07 bits per heavy atom. The molecule has 0 heterocycles. The standard InChI is InChI=1S/C13H27N/c1-4-9-14(10-5-2)13-8-6-7-12(3)11-13/h12-13H,4-11H2,1-3H3/t12-,13-/m0/s1. The van der Waals surface area contributed by atoms with Gasteiger partial charge in [0.05, 0.1) is 0 Å². The molecule has 0 amide bonds. The highest BCUT2D eigenvalue weighted by atomic mass is 15.1. The lowest BCUT2D eigenvalue weighted by atomic mass is 9.86. The largest absolute Gasteiger partial charge is 0.300 e. The number of hydrogen-bond donors (Lipinski definition) is 0. The van der Waals surface area contributed by atoms with E-state index in [1.807, 2.05) is 0 Å². The molecule has 0 bridgehead atoms. The summed E-state index contributed by atoms with van der Waals surface area (Å²) in [5.41, 5.74) is 0. The lowest BCUT2D eigenvalue weighted by molar-refractivity contribution is 0.134. The van der Waals surface area contributed by atoms with Gasteiger partial charge in [0.25, 0.3) is 0 Å². The second-order valence-corrected chi connectivity index (χ2v) is 4.96. The summed E-state index contributed by atoms with van der Waals surface area (Å²) in [6.07, 6.45) is 8.43. The molecule has 0 N–H and O–H groups in total. The summed E-state index contributed by atoms with van der Waals surface area (Å²) in [4.78, 5) is 2.73. The van der Waals surface area contributed by atoms with Crippen LogP contribution in [0.1, 0.15) is 59.3 Å². The SMILES string of the molecule is CCCN(CCC)[C@H]1CCC[C@H](C)C1. The highest BCUT2D eigenvalue weighted by Gasteiger charge is 2.23. The molecule has 0 saturated heterocycles. The van der Waals surface area contributed by atoms with Crippen LogP contribution in [0.4, 0.5) is 0 Å². The summed E-state index contributed by atoms with van der Waals surface area (Å²) < 4.78 is 0. The first-order valence-corrected chi connectivity index (χ1v) is 6.52. The van der Waals surface area contributed by atoms with Crippen molar-refractivity contribution in [1.29, 1.82) is 0 Å². The Kier molecular flexibility index (Phi) is 5.54. The van der Waals surface area contributed by atoms with E-state index in [9.17, 15) is 0 Å². The first kappa shape index (κ1) is 12.0. The second kappa shape index (κ2) is 6.44. The Morgan fingerprint density at radius 3 is 2.21 bits per heavy atom. The molecule has 1 nitrogen and oxygen atoms in total. The first-order chi connectivity index (χ1) is 6.77. The number of nitrogens with zero attached hydrogens (tertiary/aromatic N) is 1. The van der Waals surface area contributed by atoms with Crippen LogP contribution < -0.4 is 0 Å². The van der Waals surface area contributed by atoms with Crippen LogP contribution in [0, 0.1) is 5.92 Å². The predicted octanol–water partition coefficient (Wildman–Crippen LogP) is 3.69. The third-order valence-electron chi connectivity index (χ3n) is 3.45. The topological polar surface area (TPSA) is 3.24 Å². The summed E-state index contributed by atoms with van der Waals surface area (Å²) in [6.45, 7) is 9.64. The molecule has 1 rings (SSSR count). The van der Waals surface area contributed by atoms with Crippen LogP contribution in [0.2, 0.25) is 0 Å². The van der Waals surface area contributed by atoms with Crippen LogP contribution in [0.25, 0.3) is 0 Å². The van der Waals surface area contributed by atoms with E-state index in [0.717, 1.165) is 12.0 Å². The summed E-state index contributed by atoms with van der Waals surface area (Å²) in [6, 6.07) is 0.902. The first-order valence-electron chi connectivity index (χ1n) is 6.52. The van der Waals surface area contributed by atoms with Gasteiger partial charge >= 0.3 is 0 Å². The Balaban J connectivity index is 2.39. The van der Waals surface area contributed by atoms with Gasteiger partial charge in [-0.15, -0.1) is 0 Å². The summed E-state index contributed by atoms with van der Waals surface area (Å²) in [7, 11) is 0. The minimum atomic E-state index is 0.902. The zero-order valence-corrected chi connectivity index (χ0v) is 10.3. The molecule has 1 heteroatoms. The molecule has 1 aliphatic carbocycles. The van der Waals surface area contributed by atoms with Gasteiger partial charge in [0.2, 0.25) is 0 Å². The molecule has 1 aliphatic rings. The van der Waals surface area contributed by atoms with E-state index in [2.05, 4.69) is 25.7 Å². The van der Waals surface area contributed by atoms with E-state index in [-0.39, 0.29) is 0 Å². The maximum absolute atomic E-state index is 2.73. The minimum Gasteiger partial charge on any atom is -0.300 e. The Morgan fingerprint density at radius 2 is 1.71 bits per heavy atom. The Bertz CT molecular complexity index is 135. The Hall–Kier alpha value is -0.0400. The minimum absolute atomic E-state index is 0.902. The molecular weight excluding hydrogens is 170 g/mol. The molecule has 2 atom stereocenters. The predicted molar refractivity (Wildman–Crippen MR) is 63.6 cm³/mol. The fourth-order valence-electron chi connectivity index (χ4n) is 2.79. The molecule has 14 heavy (non-hydrogen) atoms. The Labute approximate surface area is 89.9 Å². The van der Waals surface area contributed by atoms with Crippen LogP contribution in [0.3, 0.4) is 0 Å². The summed E-state index contributed by atoms with van der Waals surface area (Å²) in [5, 5.41) is 0. The van der Waals surface area contributed by atoms with Crippen molar-refractivity contribution in [1.82, 2.24) is 4.90 Å². The third kappa shape index (κ3) is 3.61. The van der Waals surface area contributed by atoms with Crippen molar-refractivity contribution in [2.75, 3.05) is 13.1 Å². The molecule has 0 aromatic rings. The zero-order chi connectivity index (χ0) is 10.4. The third-order valence-corrected chi connectivity index (χ3v) is 3.45. The van der Waals surface area contributed by atoms with Gasteiger partial charge in [0.1, 0.15) is 0 Å². The maximum Gasteiger partial charge on any atom is 0.00977 e. The molecule has 1 saturated carbocycles. The molecule has 0 spiro atoms. The average molecular weight is 197 g/mol. The van der Waals surface area contributed by atoms with Gasteiger partial charge in [-0.3, -0.25) is 0 Å². The highest BCUT2D eigenvalue weighted by molar-refractivity contribution is 4.78. The quantitative estimate of drug-likeness (QED) is 0.650. The van der Waals surface area contributed by atoms with E-state index >= 15 is 0 Å². The van der Waals surface area contributed by atoms with Gasteiger partial charge in [-0.25, -0.2) is 0 Å². The van der Waals surface area contributed by atoms with E-state index in [0.29, 0.717) is 0 Å². The van der Waals surface area contributed by atoms with Gasteiger partial charge < -0.3 is 4.90 Å². The van der Waals surface area contributed by atoms with Crippen LogP contribution in [0.5, 0.6) is 0 Å². The monoisotopic (exact) mass is 197 g/mol. The van der Waals surface area contributed by atoms with Gasteiger partial charge in [-0.05, 0) is 44.7 Å². The van der Waals surface area contributed by atoms with Crippen molar-refractivity contribution in [2.45, 2.75) is 65.3 Å². The van der Waals surface area contributed by atoms with Gasteiger partial charge in [0, 0.05) is 6.04 Å². The van der Waals surface area contributed by atoms with Crippen molar-refractivity contribution in [2.24, 2.45) is 5.92 Å². The van der Waals surface area contributed by atoms with Crippen molar-refractivity contribution in [3.8, 4) is 0 Å². The van der Waals surface area contributed by atoms with Gasteiger partial charge in [-0.2, -0.15) is 0 Å². The lowest BCUT2D eigenvalue weighted by Crippen LogP contribution is -2.39. The molecule has 0 radical (unpaired) electrons. The summed E-state index contributed by atoms with van der Waals surface area (Å²) in [5.74, 6) is 0.963. The van der Waals surface area contributed by atoms with Crippen molar-refractivity contribution in [3.63, 3.8) is 0 Å². The summed E-state index contributed by atoms with van der Waals surface area (Å²) >= 11 is 0. The van der Waals surface area contributed by atoms with Crippen molar-refractivity contribution >= 4 is 0 Å².